The van der Waals surface area contributed by atoms with Gasteiger partial charge in [-0.1, -0.05) is 25.1 Å². The van der Waals surface area contributed by atoms with Crippen molar-refractivity contribution in [3.8, 4) is 11.5 Å². The molecule has 0 aliphatic rings. The van der Waals surface area contributed by atoms with Gasteiger partial charge in [0.05, 0.1) is 18.8 Å². The molecule has 0 heterocycles. The molecule has 2 aromatic rings. The van der Waals surface area contributed by atoms with Crippen LogP contribution in [0.1, 0.15) is 34.1 Å². The fourth-order valence-corrected chi connectivity index (χ4v) is 2.12. The number of methoxy groups -OCH3 is 1. The van der Waals surface area contributed by atoms with Crippen molar-refractivity contribution in [1.82, 2.24) is 0 Å². The molecule has 0 atom stereocenters. The molecule has 0 spiro atoms. The van der Waals surface area contributed by atoms with Gasteiger partial charge in [0.1, 0.15) is 23.7 Å². The summed E-state index contributed by atoms with van der Waals surface area (Å²) < 4.78 is 20.8. The molecule has 0 radical (unpaired) electrons. The molecule has 6 nitrogen and oxygen atoms in total. The van der Waals surface area contributed by atoms with Crippen molar-refractivity contribution in [3.05, 3.63) is 59.7 Å². The summed E-state index contributed by atoms with van der Waals surface area (Å²) >= 11 is 0. The molecule has 0 amide bonds. The fraction of sp³-hybridized carbons (Fsp3) is 0.300. The van der Waals surface area contributed by atoms with Gasteiger partial charge in [0.25, 0.3) is 0 Å². The minimum Gasteiger partial charge on any atom is -0.493 e. The number of benzene rings is 2. The van der Waals surface area contributed by atoms with E-state index in [1.54, 1.807) is 42.5 Å². The van der Waals surface area contributed by atoms with Gasteiger partial charge in [-0.05, 0) is 36.8 Å². The second-order valence-electron chi connectivity index (χ2n) is 5.39. The molecule has 0 aromatic heterocycles. The second-order valence-corrected chi connectivity index (χ2v) is 5.39. The van der Waals surface area contributed by atoms with E-state index in [4.69, 9.17) is 18.9 Å². The average Bonchev–Trinajstić information content (AvgIpc) is 2.67. The number of hydrogen-bond acceptors (Lipinski definition) is 6. The SMILES string of the molecule is CCCOc1ccccc1C(=O)Oc1cccc(C(=O)OCCOC)c1. The summed E-state index contributed by atoms with van der Waals surface area (Å²) in [4.78, 5) is 24.4. The van der Waals surface area contributed by atoms with E-state index in [9.17, 15) is 9.59 Å². The first-order valence-corrected chi connectivity index (χ1v) is 8.35. The van der Waals surface area contributed by atoms with Crippen LogP contribution in [0.5, 0.6) is 11.5 Å². The third kappa shape index (κ3) is 5.60. The van der Waals surface area contributed by atoms with E-state index in [0.717, 1.165) is 6.42 Å². The van der Waals surface area contributed by atoms with Crippen LogP contribution in [0.2, 0.25) is 0 Å². The Hall–Kier alpha value is -2.86. The second kappa shape index (κ2) is 10.2. The molecular formula is C20H22O6. The number of esters is 2. The highest BCUT2D eigenvalue weighted by Crippen LogP contribution is 2.22. The largest absolute Gasteiger partial charge is 0.493 e. The summed E-state index contributed by atoms with van der Waals surface area (Å²) in [6, 6.07) is 13.1. The predicted octanol–water partition coefficient (Wildman–Crippen LogP) is 3.50. The highest BCUT2D eigenvalue weighted by atomic mass is 16.6. The van der Waals surface area contributed by atoms with Crippen molar-refractivity contribution in [2.75, 3.05) is 26.9 Å². The average molecular weight is 358 g/mol. The number of rotatable bonds is 9. The third-order valence-corrected chi connectivity index (χ3v) is 3.37. The lowest BCUT2D eigenvalue weighted by Gasteiger charge is -2.11. The van der Waals surface area contributed by atoms with Gasteiger partial charge in [-0.15, -0.1) is 0 Å². The van der Waals surface area contributed by atoms with Crippen LogP contribution in [0.15, 0.2) is 48.5 Å². The highest BCUT2D eigenvalue weighted by Gasteiger charge is 2.16. The van der Waals surface area contributed by atoms with Crippen LogP contribution in [-0.2, 0) is 9.47 Å². The van der Waals surface area contributed by atoms with Crippen molar-refractivity contribution >= 4 is 11.9 Å². The first-order chi connectivity index (χ1) is 12.7. The summed E-state index contributed by atoms with van der Waals surface area (Å²) in [5.41, 5.74) is 0.621. The van der Waals surface area contributed by atoms with Crippen molar-refractivity contribution in [2.24, 2.45) is 0 Å². The number of hydrogen-bond donors (Lipinski definition) is 0. The normalized spacial score (nSPS) is 10.2. The van der Waals surface area contributed by atoms with E-state index in [2.05, 4.69) is 0 Å². The Morgan fingerprint density at radius 2 is 1.73 bits per heavy atom. The fourth-order valence-electron chi connectivity index (χ4n) is 2.12. The molecule has 26 heavy (non-hydrogen) atoms. The van der Waals surface area contributed by atoms with Gasteiger partial charge < -0.3 is 18.9 Å². The van der Waals surface area contributed by atoms with E-state index in [1.807, 2.05) is 6.92 Å². The van der Waals surface area contributed by atoms with Gasteiger partial charge >= 0.3 is 11.9 Å². The molecule has 0 aliphatic heterocycles. The maximum Gasteiger partial charge on any atom is 0.347 e. The molecule has 2 rings (SSSR count). The van der Waals surface area contributed by atoms with Gasteiger partial charge in [0.2, 0.25) is 0 Å². The molecule has 0 aliphatic carbocycles. The Kier molecular flexibility index (Phi) is 7.64. The van der Waals surface area contributed by atoms with Crippen molar-refractivity contribution in [2.45, 2.75) is 13.3 Å². The van der Waals surface area contributed by atoms with Gasteiger partial charge in [0, 0.05) is 7.11 Å². The third-order valence-electron chi connectivity index (χ3n) is 3.37. The van der Waals surface area contributed by atoms with Crippen molar-refractivity contribution in [3.63, 3.8) is 0 Å². The maximum absolute atomic E-state index is 12.5. The van der Waals surface area contributed by atoms with E-state index in [-0.39, 0.29) is 12.4 Å². The zero-order chi connectivity index (χ0) is 18.8. The molecule has 138 valence electrons. The lowest BCUT2D eigenvalue weighted by atomic mass is 10.2. The summed E-state index contributed by atoms with van der Waals surface area (Å²) in [6.45, 7) is 2.96. The molecule has 0 bridgehead atoms. The number of carbonyl (C=O) groups is 2. The summed E-state index contributed by atoms with van der Waals surface area (Å²) in [6.07, 6.45) is 0.830. The molecule has 0 fully saturated rings. The minimum absolute atomic E-state index is 0.154. The van der Waals surface area contributed by atoms with Gasteiger partial charge in [-0.25, -0.2) is 9.59 Å². The van der Waals surface area contributed by atoms with Crippen LogP contribution in [0.3, 0.4) is 0 Å². The molecule has 0 unspecified atom stereocenters. The van der Waals surface area contributed by atoms with Gasteiger partial charge in [0.15, 0.2) is 0 Å². The van der Waals surface area contributed by atoms with Gasteiger partial charge in [-0.3, -0.25) is 0 Å². The first kappa shape index (κ1) is 19.5. The zero-order valence-electron chi connectivity index (χ0n) is 14.9. The van der Waals surface area contributed by atoms with Crippen LogP contribution in [0.25, 0.3) is 0 Å². The number of para-hydroxylation sites is 1. The number of carbonyl (C=O) groups excluding carboxylic acids is 2. The highest BCUT2D eigenvalue weighted by molar-refractivity contribution is 5.94. The smallest absolute Gasteiger partial charge is 0.347 e. The number of ether oxygens (including phenoxy) is 4. The quantitative estimate of drug-likeness (QED) is 0.388. The topological polar surface area (TPSA) is 71.1 Å². The molecule has 6 heteroatoms. The first-order valence-electron chi connectivity index (χ1n) is 8.35. The predicted molar refractivity (Wildman–Crippen MR) is 95.8 cm³/mol. The standard InChI is InChI=1S/C20H22O6/c1-3-11-24-18-10-5-4-9-17(18)20(22)26-16-8-6-7-15(14-16)19(21)25-13-12-23-2/h4-10,14H,3,11-13H2,1-2H3. The molecule has 0 saturated carbocycles. The molecule has 0 saturated heterocycles. The van der Waals surface area contributed by atoms with E-state index in [1.165, 1.54) is 13.2 Å². The maximum atomic E-state index is 12.5. The summed E-state index contributed by atoms with van der Waals surface area (Å²) in [5, 5.41) is 0. The Balaban J connectivity index is 2.08. The summed E-state index contributed by atoms with van der Waals surface area (Å²) in [7, 11) is 1.52. The molecule has 0 N–H and O–H groups in total. The van der Waals surface area contributed by atoms with Crippen molar-refractivity contribution in [1.29, 1.82) is 0 Å². The van der Waals surface area contributed by atoms with E-state index < -0.39 is 11.9 Å². The van der Waals surface area contributed by atoms with E-state index >= 15 is 0 Å². The Bertz CT molecular complexity index is 741. The molecular weight excluding hydrogens is 336 g/mol. The minimum atomic E-state index is -0.554. The monoisotopic (exact) mass is 358 g/mol. The Morgan fingerprint density at radius 1 is 0.923 bits per heavy atom. The summed E-state index contributed by atoms with van der Waals surface area (Å²) in [5.74, 6) is -0.343. The van der Waals surface area contributed by atoms with Crippen LogP contribution < -0.4 is 9.47 Å². The van der Waals surface area contributed by atoms with Crippen molar-refractivity contribution < 1.29 is 28.5 Å². The van der Waals surface area contributed by atoms with Crippen LogP contribution in [0, 0.1) is 0 Å². The molecule has 2 aromatic carbocycles. The van der Waals surface area contributed by atoms with Crippen LogP contribution in [-0.4, -0.2) is 38.9 Å². The lowest BCUT2D eigenvalue weighted by Crippen LogP contribution is -2.12. The Morgan fingerprint density at radius 3 is 2.50 bits per heavy atom. The van der Waals surface area contributed by atoms with Gasteiger partial charge in [-0.2, -0.15) is 0 Å². The Labute approximate surface area is 152 Å². The zero-order valence-corrected chi connectivity index (χ0v) is 14.9. The van der Waals surface area contributed by atoms with E-state index in [0.29, 0.717) is 30.1 Å². The van der Waals surface area contributed by atoms with Crippen LogP contribution in [0.4, 0.5) is 0 Å². The van der Waals surface area contributed by atoms with Crippen LogP contribution >= 0.6 is 0 Å². The lowest BCUT2D eigenvalue weighted by molar-refractivity contribution is 0.0387.